The van der Waals surface area contributed by atoms with Gasteiger partial charge in [-0.1, -0.05) is 12.1 Å². The van der Waals surface area contributed by atoms with Crippen LogP contribution in [-0.2, 0) is 11.3 Å². The first-order valence-corrected chi connectivity index (χ1v) is 8.69. The molecule has 1 aliphatic heterocycles. The first-order chi connectivity index (χ1) is 12.7. The Bertz CT molecular complexity index is 931. The minimum Gasteiger partial charge on any atom is -0.467 e. The van der Waals surface area contributed by atoms with Crippen LogP contribution in [0.3, 0.4) is 0 Å². The third kappa shape index (κ3) is 3.06. The molecule has 0 unspecified atom stereocenters. The molecule has 1 atom stereocenters. The van der Waals surface area contributed by atoms with E-state index in [-0.39, 0.29) is 11.8 Å². The summed E-state index contributed by atoms with van der Waals surface area (Å²) in [7, 11) is 0. The molecule has 26 heavy (non-hydrogen) atoms. The number of hydrogen-bond acceptors (Lipinski definition) is 4. The van der Waals surface area contributed by atoms with Crippen molar-refractivity contribution in [2.75, 3.05) is 6.54 Å². The zero-order valence-electron chi connectivity index (χ0n) is 14.2. The van der Waals surface area contributed by atoms with Crippen LogP contribution in [0.5, 0.6) is 0 Å². The number of carbonyl (C=O) groups excluding carboxylic acids is 2. The lowest BCUT2D eigenvalue weighted by molar-refractivity contribution is -0.125. The summed E-state index contributed by atoms with van der Waals surface area (Å²) in [6.45, 7) is 0.900. The Balaban J connectivity index is 1.53. The maximum atomic E-state index is 13.1. The molecule has 3 heterocycles. The average molecular weight is 349 g/mol. The molecule has 6 nitrogen and oxygen atoms in total. The van der Waals surface area contributed by atoms with Crippen molar-refractivity contribution in [2.45, 2.75) is 25.4 Å². The average Bonchev–Trinajstić information content (AvgIpc) is 3.37. The second-order valence-corrected chi connectivity index (χ2v) is 6.33. The Hall–Kier alpha value is -3.15. The fourth-order valence-electron chi connectivity index (χ4n) is 3.43. The van der Waals surface area contributed by atoms with E-state index in [1.807, 2.05) is 24.3 Å². The summed E-state index contributed by atoms with van der Waals surface area (Å²) in [5, 5.41) is 3.67. The van der Waals surface area contributed by atoms with Crippen LogP contribution in [0.4, 0.5) is 0 Å². The van der Waals surface area contributed by atoms with E-state index >= 15 is 0 Å². The molecule has 1 saturated heterocycles. The number of likely N-dealkylation sites (tertiary alicyclic amines) is 1. The van der Waals surface area contributed by atoms with Gasteiger partial charge in [0.25, 0.3) is 5.91 Å². The highest BCUT2D eigenvalue weighted by Crippen LogP contribution is 2.24. The van der Waals surface area contributed by atoms with Gasteiger partial charge in [0.15, 0.2) is 0 Å². The number of aromatic nitrogens is 1. The van der Waals surface area contributed by atoms with Crippen molar-refractivity contribution in [3.05, 3.63) is 66.2 Å². The Labute approximate surface area is 150 Å². The molecule has 0 spiro atoms. The van der Waals surface area contributed by atoms with Crippen LogP contribution in [0.15, 0.2) is 59.3 Å². The van der Waals surface area contributed by atoms with Gasteiger partial charge in [0, 0.05) is 23.7 Å². The molecule has 0 radical (unpaired) electrons. The summed E-state index contributed by atoms with van der Waals surface area (Å²) in [5.41, 5.74) is 1.36. The monoisotopic (exact) mass is 349 g/mol. The van der Waals surface area contributed by atoms with Crippen LogP contribution < -0.4 is 5.32 Å². The van der Waals surface area contributed by atoms with Crippen molar-refractivity contribution in [3.63, 3.8) is 0 Å². The highest BCUT2D eigenvalue weighted by Gasteiger charge is 2.35. The highest BCUT2D eigenvalue weighted by molar-refractivity contribution is 6.07. The second-order valence-electron chi connectivity index (χ2n) is 6.33. The summed E-state index contributed by atoms with van der Waals surface area (Å²) in [6, 6.07) is 12.3. The van der Waals surface area contributed by atoms with Gasteiger partial charge in [-0.3, -0.25) is 14.6 Å². The number of rotatable bonds is 4. The van der Waals surface area contributed by atoms with Gasteiger partial charge in [0.05, 0.1) is 18.3 Å². The molecule has 1 aromatic carbocycles. The van der Waals surface area contributed by atoms with Crippen LogP contribution in [-0.4, -0.2) is 34.3 Å². The number of nitrogens with zero attached hydrogens (tertiary/aromatic N) is 2. The van der Waals surface area contributed by atoms with Crippen molar-refractivity contribution in [2.24, 2.45) is 0 Å². The lowest BCUT2D eigenvalue weighted by atomic mass is 10.1. The summed E-state index contributed by atoms with van der Waals surface area (Å²) in [4.78, 5) is 31.7. The number of nitrogens with one attached hydrogen (secondary N) is 1. The van der Waals surface area contributed by atoms with Gasteiger partial charge >= 0.3 is 0 Å². The van der Waals surface area contributed by atoms with E-state index in [1.54, 1.807) is 35.6 Å². The Kier molecular flexibility index (Phi) is 4.39. The van der Waals surface area contributed by atoms with Crippen LogP contribution in [0.1, 0.15) is 29.0 Å². The molecule has 2 amide bonds. The van der Waals surface area contributed by atoms with Crippen molar-refractivity contribution in [1.29, 1.82) is 0 Å². The molecule has 132 valence electrons. The van der Waals surface area contributed by atoms with E-state index in [0.717, 1.165) is 17.3 Å². The Morgan fingerprint density at radius 1 is 1.19 bits per heavy atom. The van der Waals surface area contributed by atoms with Gasteiger partial charge in [-0.25, -0.2) is 0 Å². The van der Waals surface area contributed by atoms with Crippen molar-refractivity contribution in [1.82, 2.24) is 15.2 Å². The lowest BCUT2D eigenvalue weighted by Crippen LogP contribution is -2.45. The van der Waals surface area contributed by atoms with Gasteiger partial charge in [0.2, 0.25) is 5.91 Å². The van der Waals surface area contributed by atoms with Crippen LogP contribution in [0.2, 0.25) is 0 Å². The Morgan fingerprint density at radius 3 is 2.96 bits per heavy atom. The SMILES string of the molecule is O=C(NCc1ccco1)[C@@H]1CCCN1C(=O)c1cccc2ncccc12. The quantitative estimate of drug-likeness (QED) is 0.786. The Morgan fingerprint density at radius 2 is 2.12 bits per heavy atom. The van der Waals surface area contributed by atoms with Gasteiger partial charge in [-0.15, -0.1) is 0 Å². The largest absolute Gasteiger partial charge is 0.467 e. The standard InChI is InChI=1S/C20H19N3O3/c24-19(22-13-14-5-4-12-26-14)18-9-3-11-23(18)20(25)16-6-1-8-17-15(16)7-2-10-21-17/h1-2,4-8,10,12,18H,3,9,11,13H2,(H,22,24)/t18-/m0/s1. The molecule has 6 heteroatoms. The van der Waals surface area contributed by atoms with Gasteiger partial charge < -0.3 is 14.6 Å². The molecular formula is C20H19N3O3. The predicted molar refractivity (Wildman–Crippen MR) is 96.4 cm³/mol. The third-order valence-corrected chi connectivity index (χ3v) is 4.71. The fraction of sp³-hybridized carbons (Fsp3) is 0.250. The smallest absolute Gasteiger partial charge is 0.255 e. The van der Waals surface area contributed by atoms with Crippen molar-refractivity contribution < 1.29 is 14.0 Å². The molecule has 2 aromatic heterocycles. The van der Waals surface area contributed by atoms with E-state index in [2.05, 4.69) is 10.3 Å². The van der Waals surface area contributed by atoms with E-state index < -0.39 is 6.04 Å². The molecule has 0 bridgehead atoms. The molecule has 0 saturated carbocycles. The van der Waals surface area contributed by atoms with Crippen molar-refractivity contribution in [3.8, 4) is 0 Å². The zero-order valence-corrected chi connectivity index (χ0v) is 14.2. The van der Waals surface area contributed by atoms with Crippen LogP contribution in [0.25, 0.3) is 10.9 Å². The first-order valence-electron chi connectivity index (χ1n) is 8.69. The maximum absolute atomic E-state index is 13.1. The number of amides is 2. The third-order valence-electron chi connectivity index (χ3n) is 4.71. The lowest BCUT2D eigenvalue weighted by Gasteiger charge is -2.24. The second kappa shape index (κ2) is 7.00. The molecule has 1 aliphatic rings. The van der Waals surface area contributed by atoms with Crippen LogP contribution >= 0.6 is 0 Å². The fourth-order valence-corrected chi connectivity index (χ4v) is 3.43. The summed E-state index contributed by atoms with van der Waals surface area (Å²) < 4.78 is 5.24. The minimum atomic E-state index is -0.454. The van der Waals surface area contributed by atoms with Gasteiger partial charge in [0.1, 0.15) is 11.8 Å². The van der Waals surface area contributed by atoms with Gasteiger partial charge in [-0.05, 0) is 43.2 Å². The molecule has 1 fully saturated rings. The molecule has 0 aliphatic carbocycles. The van der Waals surface area contributed by atoms with E-state index in [4.69, 9.17) is 4.42 Å². The number of hydrogen-bond donors (Lipinski definition) is 1. The van der Waals surface area contributed by atoms with E-state index in [1.165, 1.54) is 0 Å². The molecular weight excluding hydrogens is 330 g/mol. The summed E-state index contributed by atoms with van der Waals surface area (Å²) in [5.74, 6) is 0.416. The van der Waals surface area contributed by atoms with E-state index in [9.17, 15) is 9.59 Å². The topological polar surface area (TPSA) is 75.4 Å². The number of carbonyl (C=O) groups is 2. The molecule has 4 rings (SSSR count). The summed E-state index contributed by atoms with van der Waals surface area (Å²) in [6.07, 6.45) is 4.76. The first kappa shape index (κ1) is 16.3. The highest BCUT2D eigenvalue weighted by atomic mass is 16.3. The van der Waals surface area contributed by atoms with Crippen molar-refractivity contribution >= 4 is 22.7 Å². The van der Waals surface area contributed by atoms with Crippen LogP contribution in [0, 0.1) is 0 Å². The number of fused-ring (bicyclic) bond motifs is 1. The normalized spacial score (nSPS) is 16.8. The number of benzene rings is 1. The minimum absolute atomic E-state index is 0.126. The molecule has 3 aromatic rings. The number of pyridine rings is 1. The van der Waals surface area contributed by atoms with Gasteiger partial charge in [-0.2, -0.15) is 0 Å². The maximum Gasteiger partial charge on any atom is 0.255 e. The predicted octanol–water partition coefficient (Wildman–Crippen LogP) is 2.75. The zero-order chi connectivity index (χ0) is 17.9. The number of furan rings is 1. The molecule has 1 N–H and O–H groups in total. The summed E-state index contributed by atoms with van der Waals surface area (Å²) >= 11 is 0. The van der Waals surface area contributed by atoms with E-state index in [0.29, 0.717) is 30.8 Å².